The van der Waals surface area contributed by atoms with Crippen molar-refractivity contribution >= 4 is 70.1 Å². The predicted molar refractivity (Wildman–Crippen MR) is 200 cm³/mol. The van der Waals surface area contributed by atoms with Gasteiger partial charge in [-0.25, -0.2) is 0 Å². The third-order valence-corrected chi connectivity index (χ3v) is 10.3. The number of fused-ring (bicyclic) bond motifs is 6. The molecular weight excluding hydrogens is 575 g/mol. The van der Waals surface area contributed by atoms with Gasteiger partial charge in [0.1, 0.15) is 0 Å². The van der Waals surface area contributed by atoms with Crippen molar-refractivity contribution in [1.82, 2.24) is 0 Å². The normalized spacial score (nSPS) is 11.5. The van der Waals surface area contributed by atoms with E-state index in [4.69, 9.17) is 0 Å². The van der Waals surface area contributed by atoms with Gasteiger partial charge in [0, 0.05) is 26.7 Å². The zero-order valence-electron chi connectivity index (χ0n) is 25.1. The van der Waals surface area contributed by atoms with Gasteiger partial charge in [-0.1, -0.05) is 146 Å². The maximum absolute atomic E-state index is 2.45. The molecular formula is C44H29NS. The van der Waals surface area contributed by atoms with Gasteiger partial charge in [0.05, 0.1) is 16.1 Å². The lowest BCUT2D eigenvalue weighted by Crippen LogP contribution is -2.11. The molecule has 1 heterocycles. The third-order valence-electron chi connectivity index (χ3n) is 9.05. The standard InChI is InChI=1S/C44H29NS/c1-2-12-32(13-3-1)37-16-8-9-19-41(37)45(36-26-23-31(24-27-36)35-22-21-30-11-4-5-15-34(30)29-35)42-20-10-18-39-40-28-25-33-14-6-7-17-38(33)43(40)46-44(39)42/h1-29H. The molecule has 0 fully saturated rings. The number of thiophene rings is 1. The molecule has 0 atom stereocenters. The van der Waals surface area contributed by atoms with Crippen molar-refractivity contribution in [2.45, 2.75) is 0 Å². The largest absolute Gasteiger partial charge is 0.308 e. The van der Waals surface area contributed by atoms with Gasteiger partial charge in [-0.15, -0.1) is 11.3 Å². The smallest absolute Gasteiger partial charge is 0.0640 e. The monoisotopic (exact) mass is 603 g/mol. The van der Waals surface area contributed by atoms with Crippen molar-refractivity contribution in [2.24, 2.45) is 0 Å². The average molecular weight is 604 g/mol. The molecule has 0 aliphatic heterocycles. The van der Waals surface area contributed by atoms with E-state index in [-0.39, 0.29) is 0 Å². The minimum Gasteiger partial charge on any atom is -0.308 e. The van der Waals surface area contributed by atoms with Crippen LogP contribution in [0.4, 0.5) is 17.1 Å². The van der Waals surface area contributed by atoms with Crippen LogP contribution < -0.4 is 4.90 Å². The van der Waals surface area contributed by atoms with Crippen molar-refractivity contribution < 1.29 is 0 Å². The molecule has 46 heavy (non-hydrogen) atoms. The van der Waals surface area contributed by atoms with Crippen LogP contribution in [-0.2, 0) is 0 Å². The lowest BCUT2D eigenvalue weighted by molar-refractivity contribution is 1.30. The van der Waals surface area contributed by atoms with E-state index in [0.717, 1.165) is 11.4 Å². The Morgan fingerprint density at radius 2 is 0.978 bits per heavy atom. The van der Waals surface area contributed by atoms with Gasteiger partial charge in [-0.2, -0.15) is 0 Å². The van der Waals surface area contributed by atoms with Crippen LogP contribution in [-0.4, -0.2) is 0 Å². The van der Waals surface area contributed by atoms with Gasteiger partial charge in [0.15, 0.2) is 0 Å². The number of para-hydroxylation sites is 1. The van der Waals surface area contributed by atoms with Crippen molar-refractivity contribution in [2.75, 3.05) is 4.90 Å². The fourth-order valence-electron chi connectivity index (χ4n) is 6.80. The Hall–Kier alpha value is -5.70. The highest BCUT2D eigenvalue weighted by Gasteiger charge is 2.21. The molecule has 1 aromatic heterocycles. The molecule has 0 aliphatic rings. The van der Waals surface area contributed by atoms with E-state index in [2.05, 4.69) is 181 Å². The maximum Gasteiger partial charge on any atom is 0.0640 e. The first kappa shape index (κ1) is 26.7. The second-order valence-electron chi connectivity index (χ2n) is 11.7. The van der Waals surface area contributed by atoms with Gasteiger partial charge >= 0.3 is 0 Å². The van der Waals surface area contributed by atoms with Gasteiger partial charge in [0.2, 0.25) is 0 Å². The fourth-order valence-corrected chi connectivity index (χ4v) is 8.14. The summed E-state index contributed by atoms with van der Waals surface area (Å²) in [6, 6.07) is 63.9. The van der Waals surface area contributed by atoms with Gasteiger partial charge < -0.3 is 4.90 Å². The van der Waals surface area contributed by atoms with Gasteiger partial charge in [-0.3, -0.25) is 0 Å². The molecule has 0 amide bonds. The van der Waals surface area contributed by atoms with Crippen LogP contribution in [0.5, 0.6) is 0 Å². The number of benzene rings is 8. The minimum atomic E-state index is 1.13. The van der Waals surface area contributed by atoms with Gasteiger partial charge in [-0.05, 0) is 68.6 Å². The number of nitrogens with zero attached hydrogens (tertiary/aromatic N) is 1. The number of rotatable bonds is 5. The summed E-state index contributed by atoms with van der Waals surface area (Å²) in [5, 5.41) is 7.70. The Morgan fingerprint density at radius 1 is 0.348 bits per heavy atom. The van der Waals surface area contributed by atoms with Crippen LogP contribution in [0.15, 0.2) is 176 Å². The zero-order chi connectivity index (χ0) is 30.5. The number of hydrogen-bond donors (Lipinski definition) is 0. The van der Waals surface area contributed by atoms with Crippen LogP contribution in [0.3, 0.4) is 0 Å². The molecule has 9 rings (SSSR count). The number of anilines is 3. The van der Waals surface area contributed by atoms with Crippen LogP contribution in [0.1, 0.15) is 0 Å². The average Bonchev–Trinajstić information content (AvgIpc) is 3.53. The first-order valence-corrected chi connectivity index (χ1v) is 16.5. The number of hydrogen-bond acceptors (Lipinski definition) is 2. The zero-order valence-corrected chi connectivity index (χ0v) is 25.9. The summed E-state index contributed by atoms with van der Waals surface area (Å²) in [7, 11) is 0. The van der Waals surface area contributed by atoms with Crippen LogP contribution in [0, 0.1) is 0 Å². The molecule has 0 bridgehead atoms. The summed E-state index contributed by atoms with van der Waals surface area (Å²) < 4.78 is 2.62. The SMILES string of the molecule is c1ccc(-c2ccccc2N(c2ccc(-c3ccc4ccccc4c3)cc2)c2cccc3c2sc2c4ccccc4ccc32)cc1. The Morgan fingerprint density at radius 3 is 1.85 bits per heavy atom. The molecule has 8 aromatic carbocycles. The molecule has 0 N–H and O–H groups in total. The summed E-state index contributed by atoms with van der Waals surface area (Å²) in [6.45, 7) is 0. The highest BCUT2D eigenvalue weighted by molar-refractivity contribution is 7.27. The molecule has 0 saturated carbocycles. The first-order valence-electron chi connectivity index (χ1n) is 15.7. The Kier molecular flexibility index (Phi) is 6.40. The molecule has 0 radical (unpaired) electrons. The highest BCUT2D eigenvalue weighted by atomic mass is 32.1. The Labute approximate surface area is 272 Å². The minimum absolute atomic E-state index is 1.13. The molecule has 0 unspecified atom stereocenters. The Bertz CT molecular complexity index is 2530. The van der Waals surface area contributed by atoms with Crippen molar-refractivity contribution in [3.05, 3.63) is 176 Å². The summed E-state index contributed by atoms with van der Waals surface area (Å²) in [5.74, 6) is 0. The van der Waals surface area contributed by atoms with Gasteiger partial charge in [0.25, 0.3) is 0 Å². The topological polar surface area (TPSA) is 3.24 Å². The van der Waals surface area contributed by atoms with Crippen LogP contribution in [0.2, 0.25) is 0 Å². The molecule has 9 aromatic rings. The van der Waals surface area contributed by atoms with E-state index in [9.17, 15) is 0 Å². The lowest BCUT2D eigenvalue weighted by atomic mass is 9.99. The summed E-state index contributed by atoms with van der Waals surface area (Å²) in [5.41, 5.74) is 8.29. The molecule has 1 nitrogen and oxygen atoms in total. The van der Waals surface area contributed by atoms with E-state index >= 15 is 0 Å². The summed E-state index contributed by atoms with van der Waals surface area (Å²) >= 11 is 1.90. The van der Waals surface area contributed by atoms with E-state index < -0.39 is 0 Å². The van der Waals surface area contributed by atoms with Crippen LogP contribution in [0.25, 0.3) is 64.0 Å². The summed E-state index contributed by atoms with van der Waals surface area (Å²) in [6.07, 6.45) is 0. The second kappa shape index (κ2) is 11.0. The highest BCUT2D eigenvalue weighted by Crippen LogP contribution is 2.48. The third kappa shape index (κ3) is 4.46. The maximum atomic E-state index is 2.45. The molecule has 0 aliphatic carbocycles. The van der Waals surface area contributed by atoms with Crippen molar-refractivity contribution in [3.63, 3.8) is 0 Å². The summed E-state index contributed by atoms with van der Waals surface area (Å²) in [4.78, 5) is 2.45. The van der Waals surface area contributed by atoms with E-state index in [1.165, 1.54) is 69.7 Å². The second-order valence-corrected chi connectivity index (χ2v) is 12.8. The van der Waals surface area contributed by atoms with Crippen molar-refractivity contribution in [3.8, 4) is 22.3 Å². The first-order chi connectivity index (χ1) is 22.8. The fraction of sp³-hybridized carbons (Fsp3) is 0. The van der Waals surface area contributed by atoms with E-state index in [0.29, 0.717) is 0 Å². The Balaban J connectivity index is 1.26. The predicted octanol–water partition coefficient (Wildman–Crippen LogP) is 13.2. The molecule has 0 saturated heterocycles. The molecule has 0 spiro atoms. The quantitative estimate of drug-likeness (QED) is 0.189. The van der Waals surface area contributed by atoms with Crippen LogP contribution >= 0.6 is 11.3 Å². The molecule has 2 heteroatoms. The van der Waals surface area contributed by atoms with E-state index in [1.54, 1.807) is 0 Å². The lowest BCUT2D eigenvalue weighted by Gasteiger charge is -2.28. The van der Waals surface area contributed by atoms with Crippen molar-refractivity contribution in [1.29, 1.82) is 0 Å². The molecule has 216 valence electrons. The van der Waals surface area contributed by atoms with E-state index in [1.807, 2.05) is 11.3 Å².